The van der Waals surface area contributed by atoms with Crippen molar-refractivity contribution in [1.82, 2.24) is 0 Å². The zero-order chi connectivity index (χ0) is 14.5. The van der Waals surface area contributed by atoms with Gasteiger partial charge in [-0.3, -0.25) is 5.41 Å². The monoisotopic (exact) mass is 268 g/mol. The van der Waals surface area contributed by atoms with Gasteiger partial charge in [-0.25, -0.2) is 0 Å². The van der Waals surface area contributed by atoms with Gasteiger partial charge in [0.05, 0.1) is 0 Å². The largest absolute Gasteiger partial charge is 0.457 e. The molecule has 0 heterocycles. The fraction of sp³-hybridized carbons (Fsp3) is 0.235. The van der Waals surface area contributed by atoms with Crippen LogP contribution < -0.4 is 10.5 Å². The number of hydrogen-bond donors (Lipinski definition) is 2. The number of hydrogen-bond acceptors (Lipinski definition) is 2. The van der Waals surface area contributed by atoms with E-state index in [-0.39, 0.29) is 5.84 Å². The maximum Gasteiger partial charge on any atom is 0.127 e. The highest BCUT2D eigenvalue weighted by Crippen LogP contribution is 2.25. The molecule has 1 unspecified atom stereocenters. The summed E-state index contributed by atoms with van der Waals surface area (Å²) in [6.07, 6.45) is 1.13. The maximum atomic E-state index is 7.35. The van der Waals surface area contributed by atoms with E-state index in [1.807, 2.05) is 24.3 Å². The fourth-order valence-electron chi connectivity index (χ4n) is 1.94. The highest BCUT2D eigenvalue weighted by Gasteiger charge is 2.04. The second kappa shape index (κ2) is 6.24. The topological polar surface area (TPSA) is 59.1 Å². The van der Waals surface area contributed by atoms with Crippen molar-refractivity contribution < 1.29 is 4.74 Å². The molecule has 20 heavy (non-hydrogen) atoms. The van der Waals surface area contributed by atoms with E-state index in [2.05, 4.69) is 26.0 Å². The van der Waals surface area contributed by atoms with E-state index in [4.69, 9.17) is 15.9 Å². The standard InChI is InChI=1S/C17H20N2O/c1-3-12(2)13-4-8-15(9-5-13)20-16-10-6-14(7-11-16)17(18)19/h4-12H,3H2,1-2H3,(H3,18,19). The van der Waals surface area contributed by atoms with Gasteiger partial charge in [0.2, 0.25) is 0 Å². The van der Waals surface area contributed by atoms with Gasteiger partial charge >= 0.3 is 0 Å². The van der Waals surface area contributed by atoms with Crippen LogP contribution in [-0.2, 0) is 0 Å². The predicted molar refractivity (Wildman–Crippen MR) is 82.7 cm³/mol. The lowest BCUT2D eigenvalue weighted by Crippen LogP contribution is -2.10. The molecule has 0 saturated carbocycles. The Balaban J connectivity index is 2.08. The van der Waals surface area contributed by atoms with Gasteiger partial charge in [0.25, 0.3) is 0 Å². The van der Waals surface area contributed by atoms with Gasteiger partial charge in [0, 0.05) is 5.56 Å². The maximum absolute atomic E-state index is 7.35. The molecular formula is C17H20N2O. The number of nitrogens with one attached hydrogen (secondary N) is 1. The molecule has 0 fully saturated rings. The van der Waals surface area contributed by atoms with E-state index in [1.165, 1.54) is 5.56 Å². The molecule has 2 rings (SSSR count). The Morgan fingerprint density at radius 3 is 2.00 bits per heavy atom. The van der Waals surface area contributed by atoms with Crippen LogP contribution in [0.2, 0.25) is 0 Å². The first-order valence-corrected chi connectivity index (χ1v) is 6.82. The van der Waals surface area contributed by atoms with Gasteiger partial charge < -0.3 is 10.5 Å². The zero-order valence-corrected chi connectivity index (χ0v) is 11.9. The van der Waals surface area contributed by atoms with E-state index in [0.29, 0.717) is 11.5 Å². The van der Waals surface area contributed by atoms with Crippen LogP contribution in [0.4, 0.5) is 0 Å². The van der Waals surface area contributed by atoms with Gasteiger partial charge in [0.15, 0.2) is 0 Å². The van der Waals surface area contributed by atoms with Crippen LogP contribution in [0.3, 0.4) is 0 Å². The van der Waals surface area contributed by atoms with E-state index in [1.54, 1.807) is 12.1 Å². The Morgan fingerprint density at radius 1 is 1.05 bits per heavy atom. The molecule has 0 aliphatic rings. The Kier molecular flexibility index (Phi) is 4.41. The second-order valence-electron chi connectivity index (χ2n) is 4.92. The van der Waals surface area contributed by atoms with Crippen LogP contribution in [0.5, 0.6) is 11.5 Å². The third-order valence-corrected chi connectivity index (χ3v) is 3.46. The summed E-state index contributed by atoms with van der Waals surface area (Å²) in [5.41, 5.74) is 7.44. The first-order valence-electron chi connectivity index (χ1n) is 6.82. The number of nitrogens with two attached hydrogens (primary N) is 1. The van der Waals surface area contributed by atoms with Crippen LogP contribution >= 0.6 is 0 Å². The normalized spacial score (nSPS) is 11.9. The molecule has 0 bridgehead atoms. The average molecular weight is 268 g/mol. The van der Waals surface area contributed by atoms with Crippen LogP contribution in [0, 0.1) is 5.41 Å². The lowest BCUT2D eigenvalue weighted by molar-refractivity contribution is 0.482. The summed E-state index contributed by atoms with van der Waals surface area (Å²) in [5, 5.41) is 7.35. The van der Waals surface area contributed by atoms with Crippen LogP contribution in [0.25, 0.3) is 0 Å². The minimum atomic E-state index is 0.0643. The van der Waals surface area contributed by atoms with E-state index in [9.17, 15) is 0 Å². The number of amidine groups is 1. The van der Waals surface area contributed by atoms with E-state index < -0.39 is 0 Å². The Labute approximate surface area is 119 Å². The molecule has 0 aromatic heterocycles. The number of benzene rings is 2. The summed E-state index contributed by atoms with van der Waals surface area (Å²) in [4.78, 5) is 0. The number of nitrogen functional groups attached to an aromatic ring is 1. The van der Waals surface area contributed by atoms with E-state index in [0.717, 1.165) is 17.9 Å². The van der Waals surface area contributed by atoms with Crippen LogP contribution in [0.1, 0.15) is 37.3 Å². The predicted octanol–water partition coefficient (Wildman–Crippen LogP) is 4.28. The number of rotatable bonds is 5. The smallest absolute Gasteiger partial charge is 0.127 e. The van der Waals surface area contributed by atoms with Crippen molar-refractivity contribution in [3.05, 3.63) is 59.7 Å². The van der Waals surface area contributed by atoms with Gasteiger partial charge in [-0.2, -0.15) is 0 Å². The average Bonchev–Trinajstić information content (AvgIpc) is 2.48. The lowest BCUT2D eigenvalue weighted by atomic mass is 9.99. The molecule has 3 nitrogen and oxygen atoms in total. The van der Waals surface area contributed by atoms with E-state index >= 15 is 0 Å². The van der Waals surface area contributed by atoms with Crippen molar-refractivity contribution in [3.63, 3.8) is 0 Å². The van der Waals surface area contributed by atoms with Crippen molar-refractivity contribution in [2.45, 2.75) is 26.2 Å². The van der Waals surface area contributed by atoms with Gasteiger partial charge in [-0.15, -0.1) is 0 Å². The zero-order valence-electron chi connectivity index (χ0n) is 11.9. The van der Waals surface area contributed by atoms with Gasteiger partial charge in [0.1, 0.15) is 17.3 Å². The van der Waals surface area contributed by atoms with Crippen molar-refractivity contribution in [2.24, 2.45) is 5.73 Å². The summed E-state index contributed by atoms with van der Waals surface area (Å²) in [5.74, 6) is 2.19. The minimum absolute atomic E-state index is 0.0643. The summed E-state index contributed by atoms with van der Waals surface area (Å²) in [7, 11) is 0. The minimum Gasteiger partial charge on any atom is -0.457 e. The Morgan fingerprint density at radius 2 is 1.55 bits per heavy atom. The Bertz CT molecular complexity index is 573. The van der Waals surface area contributed by atoms with Crippen molar-refractivity contribution in [1.29, 1.82) is 5.41 Å². The van der Waals surface area contributed by atoms with Crippen LogP contribution in [0.15, 0.2) is 48.5 Å². The molecule has 0 amide bonds. The summed E-state index contributed by atoms with van der Waals surface area (Å²) < 4.78 is 5.77. The highest BCUT2D eigenvalue weighted by molar-refractivity contribution is 5.94. The molecule has 0 radical (unpaired) electrons. The molecule has 1 atom stereocenters. The quantitative estimate of drug-likeness (QED) is 0.628. The highest BCUT2D eigenvalue weighted by atomic mass is 16.5. The molecule has 0 aliphatic carbocycles. The first-order chi connectivity index (χ1) is 9.60. The van der Waals surface area contributed by atoms with Crippen molar-refractivity contribution >= 4 is 5.84 Å². The summed E-state index contributed by atoms with van der Waals surface area (Å²) >= 11 is 0. The SMILES string of the molecule is CCC(C)c1ccc(Oc2ccc(C(=N)N)cc2)cc1. The first kappa shape index (κ1) is 14.1. The summed E-state index contributed by atoms with van der Waals surface area (Å²) in [6, 6.07) is 15.4. The third-order valence-electron chi connectivity index (χ3n) is 3.46. The molecule has 3 heteroatoms. The molecule has 2 aromatic rings. The Hall–Kier alpha value is -2.29. The van der Waals surface area contributed by atoms with Crippen LogP contribution in [-0.4, -0.2) is 5.84 Å². The number of ether oxygens (including phenoxy) is 1. The molecule has 2 aromatic carbocycles. The van der Waals surface area contributed by atoms with Crippen molar-refractivity contribution in [2.75, 3.05) is 0 Å². The lowest BCUT2D eigenvalue weighted by Gasteiger charge is -2.10. The molecule has 3 N–H and O–H groups in total. The van der Waals surface area contributed by atoms with Gasteiger partial charge in [-0.05, 0) is 54.3 Å². The summed E-state index contributed by atoms with van der Waals surface area (Å²) in [6.45, 7) is 4.40. The third kappa shape index (κ3) is 3.38. The molecule has 0 spiro atoms. The fourth-order valence-corrected chi connectivity index (χ4v) is 1.94. The molecular weight excluding hydrogens is 248 g/mol. The molecule has 0 saturated heterocycles. The van der Waals surface area contributed by atoms with Gasteiger partial charge in [-0.1, -0.05) is 26.0 Å². The molecule has 0 aliphatic heterocycles. The molecule has 104 valence electrons. The second-order valence-corrected chi connectivity index (χ2v) is 4.92. The van der Waals surface area contributed by atoms with Crippen molar-refractivity contribution in [3.8, 4) is 11.5 Å².